The Morgan fingerprint density at radius 1 is 1.47 bits per heavy atom. The van der Waals surface area contributed by atoms with Gasteiger partial charge in [0.05, 0.1) is 16.8 Å². The van der Waals surface area contributed by atoms with Crippen LogP contribution in [0, 0.1) is 5.82 Å². The number of hydrogen-bond acceptors (Lipinski definition) is 4. The number of benzene rings is 1. The summed E-state index contributed by atoms with van der Waals surface area (Å²) in [6, 6.07) is 4.74. The minimum atomic E-state index is -0.198. The molecule has 2 rings (SSSR count). The van der Waals surface area contributed by atoms with Crippen molar-refractivity contribution in [2.24, 2.45) is 0 Å². The number of nitrogens with zero attached hydrogens (tertiary/aromatic N) is 2. The molecular weight excluding hydrogens is 237 g/mol. The summed E-state index contributed by atoms with van der Waals surface area (Å²) in [5.41, 5.74) is 0.883. The first-order valence-corrected chi connectivity index (χ1v) is 6.39. The molecule has 1 aromatic heterocycles. The maximum absolute atomic E-state index is 13.0. The average Bonchev–Trinajstić information content (AvgIpc) is 2.67. The zero-order chi connectivity index (χ0) is 12.3. The van der Waals surface area contributed by atoms with Crippen LogP contribution in [-0.4, -0.2) is 37.1 Å². The fourth-order valence-corrected chi connectivity index (χ4v) is 2.70. The van der Waals surface area contributed by atoms with E-state index in [1.165, 1.54) is 6.07 Å². The summed E-state index contributed by atoms with van der Waals surface area (Å²) < 4.78 is 14.0. The van der Waals surface area contributed by atoms with Crippen LogP contribution in [0.25, 0.3) is 10.2 Å². The van der Waals surface area contributed by atoms with E-state index in [0.717, 1.165) is 34.9 Å². The number of likely N-dealkylation sites (N-methyl/N-ethyl adjacent to an activating group) is 2. The topological polar surface area (TPSA) is 28.2 Å². The molecule has 0 radical (unpaired) electrons. The molecule has 0 saturated carbocycles. The van der Waals surface area contributed by atoms with Gasteiger partial charge >= 0.3 is 0 Å². The Morgan fingerprint density at radius 2 is 2.29 bits per heavy atom. The maximum atomic E-state index is 13.0. The van der Waals surface area contributed by atoms with Crippen LogP contribution in [0.1, 0.15) is 5.01 Å². The molecule has 1 heterocycles. The number of halogens is 1. The van der Waals surface area contributed by atoms with Crippen molar-refractivity contribution >= 4 is 21.6 Å². The quantitative estimate of drug-likeness (QED) is 0.884. The van der Waals surface area contributed by atoms with Gasteiger partial charge < -0.3 is 5.32 Å². The van der Waals surface area contributed by atoms with Crippen molar-refractivity contribution in [2.45, 2.75) is 6.54 Å². The Balaban J connectivity index is 2.08. The van der Waals surface area contributed by atoms with Crippen LogP contribution in [-0.2, 0) is 6.54 Å². The average molecular weight is 253 g/mol. The molecule has 0 spiro atoms. The second-order valence-electron chi connectivity index (χ2n) is 4.06. The van der Waals surface area contributed by atoms with Crippen molar-refractivity contribution in [2.75, 3.05) is 27.2 Å². The Labute approximate surface area is 104 Å². The van der Waals surface area contributed by atoms with Crippen LogP contribution in [0.15, 0.2) is 18.2 Å². The van der Waals surface area contributed by atoms with Crippen LogP contribution < -0.4 is 5.32 Å². The lowest BCUT2D eigenvalue weighted by molar-refractivity contribution is 0.328. The molecule has 0 aliphatic heterocycles. The number of fused-ring (bicyclic) bond motifs is 1. The van der Waals surface area contributed by atoms with Crippen molar-refractivity contribution < 1.29 is 4.39 Å². The number of rotatable bonds is 5. The fourth-order valence-electron chi connectivity index (χ4n) is 1.63. The van der Waals surface area contributed by atoms with Crippen molar-refractivity contribution in [1.82, 2.24) is 15.2 Å². The second-order valence-corrected chi connectivity index (χ2v) is 5.18. The lowest BCUT2D eigenvalue weighted by Gasteiger charge is -2.13. The van der Waals surface area contributed by atoms with Gasteiger partial charge in [-0.25, -0.2) is 9.37 Å². The highest BCUT2D eigenvalue weighted by Crippen LogP contribution is 2.23. The summed E-state index contributed by atoms with van der Waals surface area (Å²) in [7, 11) is 4.00. The monoisotopic (exact) mass is 253 g/mol. The Morgan fingerprint density at radius 3 is 3.06 bits per heavy atom. The molecule has 92 valence electrons. The molecule has 0 atom stereocenters. The van der Waals surface area contributed by atoms with Crippen molar-refractivity contribution in [3.8, 4) is 0 Å². The standard InChI is InChI=1S/C12H16FN3S/c1-14-5-6-16(2)8-12-15-10-4-3-9(13)7-11(10)17-12/h3-4,7,14H,5-6,8H2,1-2H3. The van der Waals surface area contributed by atoms with Gasteiger partial charge in [0, 0.05) is 13.1 Å². The summed E-state index contributed by atoms with van der Waals surface area (Å²) in [6.45, 7) is 2.74. The van der Waals surface area contributed by atoms with E-state index in [1.54, 1.807) is 23.5 Å². The van der Waals surface area contributed by atoms with Crippen molar-refractivity contribution in [1.29, 1.82) is 0 Å². The zero-order valence-corrected chi connectivity index (χ0v) is 10.9. The summed E-state index contributed by atoms with van der Waals surface area (Å²) in [5, 5.41) is 4.14. The van der Waals surface area contributed by atoms with E-state index in [-0.39, 0.29) is 5.82 Å². The lowest BCUT2D eigenvalue weighted by atomic mass is 10.3. The first-order chi connectivity index (χ1) is 8.19. The highest BCUT2D eigenvalue weighted by atomic mass is 32.1. The Kier molecular flexibility index (Phi) is 4.04. The zero-order valence-electron chi connectivity index (χ0n) is 10.0. The minimum Gasteiger partial charge on any atom is -0.318 e. The Hall–Kier alpha value is -1.04. The number of nitrogens with one attached hydrogen (secondary N) is 1. The predicted octanol–water partition coefficient (Wildman–Crippen LogP) is 2.09. The SMILES string of the molecule is CNCCN(C)Cc1nc2ccc(F)cc2s1. The maximum Gasteiger partial charge on any atom is 0.124 e. The van der Waals surface area contributed by atoms with Gasteiger partial charge in [-0.15, -0.1) is 11.3 Å². The van der Waals surface area contributed by atoms with E-state index in [0.29, 0.717) is 0 Å². The third kappa shape index (κ3) is 3.21. The summed E-state index contributed by atoms with van der Waals surface area (Å²) in [5.74, 6) is -0.198. The fraction of sp³-hybridized carbons (Fsp3) is 0.417. The van der Waals surface area contributed by atoms with E-state index in [4.69, 9.17) is 0 Å². The van der Waals surface area contributed by atoms with Crippen LogP contribution >= 0.6 is 11.3 Å². The summed E-state index contributed by atoms with van der Waals surface area (Å²) >= 11 is 1.56. The molecule has 0 aliphatic rings. The number of hydrogen-bond donors (Lipinski definition) is 1. The second kappa shape index (κ2) is 5.53. The summed E-state index contributed by atoms with van der Waals surface area (Å²) in [4.78, 5) is 6.69. The van der Waals surface area contributed by atoms with Gasteiger partial charge in [0.25, 0.3) is 0 Å². The van der Waals surface area contributed by atoms with Crippen molar-refractivity contribution in [3.63, 3.8) is 0 Å². The van der Waals surface area contributed by atoms with E-state index in [9.17, 15) is 4.39 Å². The minimum absolute atomic E-state index is 0.198. The molecule has 17 heavy (non-hydrogen) atoms. The number of aromatic nitrogens is 1. The van der Waals surface area contributed by atoms with Crippen LogP contribution in [0.4, 0.5) is 4.39 Å². The van der Waals surface area contributed by atoms with Gasteiger partial charge in [-0.05, 0) is 32.3 Å². The highest BCUT2D eigenvalue weighted by molar-refractivity contribution is 7.18. The molecule has 0 bridgehead atoms. The molecule has 2 aromatic rings. The largest absolute Gasteiger partial charge is 0.318 e. The first-order valence-electron chi connectivity index (χ1n) is 5.57. The van der Waals surface area contributed by atoms with Crippen LogP contribution in [0.3, 0.4) is 0 Å². The molecule has 0 amide bonds. The lowest BCUT2D eigenvalue weighted by Crippen LogP contribution is -2.26. The molecule has 0 fully saturated rings. The van der Waals surface area contributed by atoms with E-state index >= 15 is 0 Å². The van der Waals surface area contributed by atoms with Gasteiger partial charge in [0.1, 0.15) is 10.8 Å². The third-order valence-corrected chi connectivity index (χ3v) is 3.55. The van der Waals surface area contributed by atoms with Gasteiger partial charge in [-0.1, -0.05) is 0 Å². The van der Waals surface area contributed by atoms with Crippen LogP contribution in [0.5, 0.6) is 0 Å². The normalized spacial score (nSPS) is 11.5. The summed E-state index contributed by atoms with van der Waals surface area (Å²) in [6.07, 6.45) is 0. The first kappa shape index (κ1) is 12.4. The third-order valence-electron chi connectivity index (χ3n) is 2.54. The van der Waals surface area contributed by atoms with Gasteiger partial charge in [0.15, 0.2) is 0 Å². The molecule has 1 N–H and O–H groups in total. The van der Waals surface area contributed by atoms with Gasteiger partial charge in [-0.2, -0.15) is 0 Å². The molecule has 0 aliphatic carbocycles. The number of thiazole rings is 1. The van der Waals surface area contributed by atoms with E-state index in [2.05, 4.69) is 22.2 Å². The van der Waals surface area contributed by atoms with Gasteiger partial charge in [-0.3, -0.25) is 4.90 Å². The van der Waals surface area contributed by atoms with Crippen LogP contribution in [0.2, 0.25) is 0 Å². The smallest absolute Gasteiger partial charge is 0.124 e. The van der Waals surface area contributed by atoms with Crippen molar-refractivity contribution in [3.05, 3.63) is 29.0 Å². The van der Waals surface area contributed by atoms with E-state index in [1.807, 2.05) is 7.05 Å². The highest BCUT2D eigenvalue weighted by Gasteiger charge is 2.07. The molecule has 5 heteroatoms. The molecule has 1 aromatic carbocycles. The van der Waals surface area contributed by atoms with E-state index < -0.39 is 0 Å². The molecule has 0 saturated heterocycles. The Bertz CT molecular complexity index is 497. The molecule has 0 unspecified atom stereocenters. The molecule has 3 nitrogen and oxygen atoms in total. The predicted molar refractivity (Wildman–Crippen MR) is 69.8 cm³/mol. The molecular formula is C12H16FN3S. The van der Waals surface area contributed by atoms with Gasteiger partial charge in [0.2, 0.25) is 0 Å².